The van der Waals surface area contributed by atoms with Crippen molar-refractivity contribution in [1.29, 1.82) is 0 Å². The third-order valence-corrected chi connectivity index (χ3v) is 4.96. The minimum absolute atomic E-state index is 0.0618. The molecule has 0 aliphatic carbocycles. The number of carbonyl (C=O) groups excluding carboxylic acids is 2. The van der Waals surface area contributed by atoms with Crippen LogP contribution >= 0.6 is 0 Å². The summed E-state index contributed by atoms with van der Waals surface area (Å²) in [5.74, 6) is 1.88. The largest absolute Gasteiger partial charge is 0.347 e. The Morgan fingerprint density at radius 2 is 2.16 bits per heavy atom. The number of hydrogen-bond donors (Lipinski definition) is 1. The highest BCUT2D eigenvalue weighted by Gasteiger charge is 2.25. The molecule has 2 aromatic rings. The second-order valence-corrected chi connectivity index (χ2v) is 6.68. The van der Waals surface area contributed by atoms with E-state index < -0.39 is 0 Å². The lowest BCUT2D eigenvalue weighted by molar-refractivity contribution is -0.117. The van der Waals surface area contributed by atoms with Crippen LogP contribution in [0, 0.1) is 6.92 Å². The van der Waals surface area contributed by atoms with Gasteiger partial charge in [0, 0.05) is 43.2 Å². The standard InChI is InChI=1S/C18H21N5O2/c1-12-20-21-16-8-7-14(11-23(12)16)19-18(25)13-4-2-5-15(10-13)22-9-3-6-17(22)24/h2,4-5,10,14H,3,6-9,11H2,1H3,(H,19,25). The van der Waals surface area contributed by atoms with E-state index in [2.05, 4.69) is 20.1 Å². The first-order valence-corrected chi connectivity index (χ1v) is 8.72. The number of nitrogens with one attached hydrogen (secondary N) is 1. The van der Waals surface area contributed by atoms with Gasteiger partial charge >= 0.3 is 0 Å². The Balaban J connectivity index is 1.47. The van der Waals surface area contributed by atoms with Crippen LogP contribution in [-0.2, 0) is 17.8 Å². The number of aryl methyl sites for hydroxylation is 2. The van der Waals surface area contributed by atoms with Gasteiger partial charge in [-0.3, -0.25) is 9.59 Å². The van der Waals surface area contributed by atoms with Crippen molar-refractivity contribution in [2.45, 2.75) is 45.2 Å². The van der Waals surface area contributed by atoms with Gasteiger partial charge in [-0.25, -0.2) is 0 Å². The summed E-state index contributed by atoms with van der Waals surface area (Å²) in [7, 11) is 0. The predicted molar refractivity (Wildman–Crippen MR) is 92.4 cm³/mol. The van der Waals surface area contributed by atoms with E-state index in [1.165, 1.54) is 0 Å². The zero-order valence-electron chi connectivity index (χ0n) is 14.2. The van der Waals surface area contributed by atoms with Gasteiger partial charge in [-0.2, -0.15) is 0 Å². The summed E-state index contributed by atoms with van der Waals surface area (Å²) in [5, 5.41) is 11.4. The molecular formula is C18H21N5O2. The molecule has 1 aromatic carbocycles. The fraction of sp³-hybridized carbons (Fsp3) is 0.444. The molecule has 1 saturated heterocycles. The normalized spacial score (nSPS) is 19.8. The molecule has 7 heteroatoms. The van der Waals surface area contributed by atoms with E-state index in [1.54, 1.807) is 17.0 Å². The molecule has 0 spiro atoms. The fourth-order valence-corrected chi connectivity index (χ4v) is 3.58. The molecule has 130 valence electrons. The molecule has 1 fully saturated rings. The van der Waals surface area contributed by atoms with Crippen LogP contribution in [0.15, 0.2) is 24.3 Å². The van der Waals surface area contributed by atoms with Crippen LogP contribution in [0.5, 0.6) is 0 Å². The molecule has 1 atom stereocenters. The Hall–Kier alpha value is -2.70. The molecule has 25 heavy (non-hydrogen) atoms. The summed E-state index contributed by atoms with van der Waals surface area (Å²) < 4.78 is 2.06. The SMILES string of the molecule is Cc1nnc2n1CC(NC(=O)c1cccc(N3CCCC3=O)c1)CC2. The summed E-state index contributed by atoms with van der Waals surface area (Å²) in [5.41, 5.74) is 1.39. The number of anilines is 1. The van der Waals surface area contributed by atoms with Gasteiger partial charge in [-0.15, -0.1) is 10.2 Å². The molecule has 3 heterocycles. The Labute approximate surface area is 146 Å². The Kier molecular flexibility index (Phi) is 3.99. The molecule has 2 amide bonds. The Morgan fingerprint density at radius 3 is 2.96 bits per heavy atom. The second kappa shape index (κ2) is 6.31. The van der Waals surface area contributed by atoms with Crippen LogP contribution in [0.3, 0.4) is 0 Å². The molecule has 1 aromatic heterocycles. The van der Waals surface area contributed by atoms with E-state index in [9.17, 15) is 9.59 Å². The van der Waals surface area contributed by atoms with E-state index in [1.807, 2.05) is 19.1 Å². The average molecular weight is 339 g/mol. The first kappa shape index (κ1) is 15.8. The second-order valence-electron chi connectivity index (χ2n) is 6.68. The van der Waals surface area contributed by atoms with Gasteiger partial charge in [-0.05, 0) is 38.0 Å². The van der Waals surface area contributed by atoms with Crippen LogP contribution in [0.4, 0.5) is 5.69 Å². The van der Waals surface area contributed by atoms with Crippen molar-refractivity contribution < 1.29 is 9.59 Å². The van der Waals surface area contributed by atoms with Gasteiger partial charge in [0.15, 0.2) is 0 Å². The van der Waals surface area contributed by atoms with Gasteiger partial charge in [-0.1, -0.05) is 6.07 Å². The molecule has 7 nitrogen and oxygen atoms in total. The molecule has 1 unspecified atom stereocenters. The number of rotatable bonds is 3. The van der Waals surface area contributed by atoms with Crippen molar-refractivity contribution in [1.82, 2.24) is 20.1 Å². The topological polar surface area (TPSA) is 80.1 Å². The van der Waals surface area contributed by atoms with Crippen molar-refractivity contribution in [3.05, 3.63) is 41.5 Å². The molecule has 2 aliphatic rings. The lowest BCUT2D eigenvalue weighted by Gasteiger charge is -2.25. The van der Waals surface area contributed by atoms with E-state index in [4.69, 9.17) is 0 Å². The van der Waals surface area contributed by atoms with E-state index in [0.717, 1.165) is 43.1 Å². The summed E-state index contributed by atoms with van der Waals surface area (Å²) in [6, 6.07) is 7.37. The number of amides is 2. The smallest absolute Gasteiger partial charge is 0.251 e. The van der Waals surface area contributed by atoms with Crippen molar-refractivity contribution in [2.24, 2.45) is 0 Å². The van der Waals surface area contributed by atoms with Gasteiger partial charge in [0.1, 0.15) is 11.6 Å². The highest BCUT2D eigenvalue weighted by Crippen LogP contribution is 2.22. The summed E-state index contributed by atoms with van der Waals surface area (Å²) in [6.07, 6.45) is 3.12. The van der Waals surface area contributed by atoms with E-state index in [0.29, 0.717) is 18.5 Å². The first-order valence-electron chi connectivity index (χ1n) is 8.72. The molecule has 2 aliphatic heterocycles. The zero-order chi connectivity index (χ0) is 17.4. The third kappa shape index (κ3) is 3.01. The molecule has 0 saturated carbocycles. The number of benzene rings is 1. The van der Waals surface area contributed by atoms with Gasteiger partial charge in [0.25, 0.3) is 5.91 Å². The average Bonchev–Trinajstić information content (AvgIpc) is 3.21. The zero-order valence-corrected chi connectivity index (χ0v) is 14.2. The van der Waals surface area contributed by atoms with E-state index in [-0.39, 0.29) is 17.9 Å². The number of hydrogen-bond acceptors (Lipinski definition) is 4. The van der Waals surface area contributed by atoms with Crippen LogP contribution in [0.1, 0.15) is 41.3 Å². The van der Waals surface area contributed by atoms with E-state index >= 15 is 0 Å². The Morgan fingerprint density at radius 1 is 1.28 bits per heavy atom. The molecule has 4 rings (SSSR count). The van der Waals surface area contributed by atoms with Gasteiger partial charge < -0.3 is 14.8 Å². The maximum atomic E-state index is 12.6. The van der Waals surface area contributed by atoms with Crippen molar-refractivity contribution in [3.8, 4) is 0 Å². The summed E-state index contributed by atoms with van der Waals surface area (Å²) >= 11 is 0. The lowest BCUT2D eigenvalue weighted by atomic mass is 10.1. The summed E-state index contributed by atoms with van der Waals surface area (Å²) in [6.45, 7) is 3.35. The number of fused-ring (bicyclic) bond motifs is 1. The highest BCUT2D eigenvalue weighted by molar-refractivity contribution is 5.99. The van der Waals surface area contributed by atoms with Crippen LogP contribution in [-0.4, -0.2) is 39.2 Å². The lowest BCUT2D eigenvalue weighted by Crippen LogP contribution is -2.41. The third-order valence-electron chi connectivity index (χ3n) is 4.96. The summed E-state index contributed by atoms with van der Waals surface area (Å²) in [4.78, 5) is 26.3. The maximum Gasteiger partial charge on any atom is 0.251 e. The molecule has 0 radical (unpaired) electrons. The number of aromatic nitrogens is 3. The van der Waals surface area contributed by atoms with Crippen molar-refractivity contribution in [2.75, 3.05) is 11.4 Å². The van der Waals surface area contributed by atoms with Gasteiger partial charge in [0.05, 0.1) is 0 Å². The fourth-order valence-electron chi connectivity index (χ4n) is 3.58. The van der Waals surface area contributed by atoms with Crippen LogP contribution < -0.4 is 10.2 Å². The predicted octanol–water partition coefficient (Wildman–Crippen LogP) is 1.46. The number of nitrogens with zero attached hydrogens (tertiary/aromatic N) is 4. The minimum Gasteiger partial charge on any atom is -0.347 e. The minimum atomic E-state index is -0.104. The molecular weight excluding hydrogens is 318 g/mol. The first-order chi connectivity index (χ1) is 12.1. The van der Waals surface area contributed by atoms with Crippen molar-refractivity contribution >= 4 is 17.5 Å². The monoisotopic (exact) mass is 339 g/mol. The maximum absolute atomic E-state index is 12.6. The Bertz CT molecular complexity index is 829. The van der Waals surface area contributed by atoms with Gasteiger partial charge in [0.2, 0.25) is 5.91 Å². The number of carbonyl (C=O) groups is 2. The highest BCUT2D eigenvalue weighted by atomic mass is 16.2. The quantitative estimate of drug-likeness (QED) is 0.918. The van der Waals surface area contributed by atoms with Crippen LogP contribution in [0.2, 0.25) is 0 Å². The molecule has 0 bridgehead atoms. The van der Waals surface area contributed by atoms with Crippen LogP contribution in [0.25, 0.3) is 0 Å². The van der Waals surface area contributed by atoms with Crippen molar-refractivity contribution in [3.63, 3.8) is 0 Å². The molecule has 1 N–H and O–H groups in total.